The molecular formula is C61H41N3. The minimum absolute atomic E-state index is 0.526. The lowest BCUT2D eigenvalue weighted by Gasteiger charge is -2.35. The molecule has 0 aliphatic heterocycles. The molecule has 1 aliphatic carbocycles. The molecule has 13 rings (SSSR count). The number of rotatable bonds is 7. The van der Waals surface area contributed by atoms with E-state index in [0.29, 0.717) is 0 Å². The van der Waals surface area contributed by atoms with Gasteiger partial charge in [-0.1, -0.05) is 176 Å². The summed E-state index contributed by atoms with van der Waals surface area (Å²) in [7, 11) is 0. The summed E-state index contributed by atoms with van der Waals surface area (Å²) in [6, 6.07) is 91.4. The molecule has 0 unspecified atom stereocenters. The van der Waals surface area contributed by atoms with Gasteiger partial charge in [-0.05, 0) is 117 Å². The van der Waals surface area contributed by atoms with Crippen LogP contribution in [0.5, 0.6) is 0 Å². The minimum atomic E-state index is -0.526. The standard InChI is InChI=1S/C61H41N3/c1-5-21-44(22-6-1)61(45-23-7-2-8-24-45)55-31-17-15-29-51(55)52-37-35-50(41-56(52)61)62(48-34-33-42-19-13-14-20-43(42)39-48)49-36-38-58-54(40-49)59-53-30-16-18-32-57(53)63(46-25-9-3-10-26-46)60(59)64(58)47-27-11-4-12-28-47/h1-41H. The largest absolute Gasteiger partial charge is 0.310 e. The van der Waals surface area contributed by atoms with Gasteiger partial charge in [0.25, 0.3) is 0 Å². The van der Waals surface area contributed by atoms with Crippen LogP contribution in [0, 0.1) is 0 Å². The smallest absolute Gasteiger partial charge is 0.131 e. The molecule has 10 aromatic carbocycles. The van der Waals surface area contributed by atoms with E-state index in [1.54, 1.807) is 0 Å². The molecule has 0 spiro atoms. The van der Waals surface area contributed by atoms with E-state index >= 15 is 0 Å². The van der Waals surface area contributed by atoms with Gasteiger partial charge < -0.3 is 4.90 Å². The van der Waals surface area contributed by atoms with Crippen molar-refractivity contribution in [1.29, 1.82) is 0 Å². The summed E-state index contributed by atoms with van der Waals surface area (Å²) in [5.74, 6) is 0. The van der Waals surface area contributed by atoms with E-state index in [4.69, 9.17) is 0 Å². The lowest BCUT2D eigenvalue weighted by molar-refractivity contribution is 0.768. The number of para-hydroxylation sites is 3. The fourth-order valence-electron chi connectivity index (χ4n) is 10.9. The highest BCUT2D eigenvalue weighted by molar-refractivity contribution is 6.23. The van der Waals surface area contributed by atoms with E-state index in [1.807, 2.05) is 0 Å². The van der Waals surface area contributed by atoms with E-state index < -0.39 is 5.41 Å². The Bertz CT molecular complexity index is 3680. The third kappa shape index (κ3) is 5.28. The first-order valence-electron chi connectivity index (χ1n) is 22.1. The molecule has 0 radical (unpaired) electrons. The van der Waals surface area contributed by atoms with Crippen LogP contribution in [-0.2, 0) is 5.41 Å². The predicted octanol–water partition coefficient (Wildman–Crippen LogP) is 15.7. The fourth-order valence-corrected chi connectivity index (χ4v) is 10.9. The first kappa shape index (κ1) is 36.3. The predicted molar refractivity (Wildman–Crippen MR) is 267 cm³/mol. The van der Waals surface area contributed by atoms with Crippen LogP contribution in [0.3, 0.4) is 0 Å². The van der Waals surface area contributed by atoms with Crippen molar-refractivity contribution in [3.05, 3.63) is 271 Å². The summed E-state index contributed by atoms with van der Waals surface area (Å²) in [6.45, 7) is 0. The molecule has 0 amide bonds. The molecule has 0 saturated heterocycles. The molecule has 12 aromatic rings. The van der Waals surface area contributed by atoms with Crippen molar-refractivity contribution in [1.82, 2.24) is 9.13 Å². The monoisotopic (exact) mass is 815 g/mol. The maximum absolute atomic E-state index is 2.47. The second-order valence-corrected chi connectivity index (χ2v) is 16.9. The molecule has 2 heterocycles. The summed E-state index contributed by atoms with van der Waals surface area (Å²) in [6.07, 6.45) is 0. The van der Waals surface area contributed by atoms with E-state index in [2.05, 4.69) is 263 Å². The Kier molecular flexibility index (Phi) is 8.13. The van der Waals surface area contributed by atoms with E-state index in [-0.39, 0.29) is 0 Å². The summed E-state index contributed by atoms with van der Waals surface area (Å²) >= 11 is 0. The van der Waals surface area contributed by atoms with Gasteiger partial charge in [-0.2, -0.15) is 0 Å². The van der Waals surface area contributed by atoms with Crippen LogP contribution in [0.15, 0.2) is 249 Å². The minimum Gasteiger partial charge on any atom is -0.310 e. The maximum Gasteiger partial charge on any atom is 0.131 e. The van der Waals surface area contributed by atoms with Crippen LogP contribution >= 0.6 is 0 Å². The van der Waals surface area contributed by atoms with Gasteiger partial charge >= 0.3 is 0 Å². The molecule has 0 N–H and O–H groups in total. The summed E-state index contributed by atoms with van der Waals surface area (Å²) in [5.41, 5.74) is 16.1. The Hall–Kier alpha value is -8.40. The molecule has 0 bridgehead atoms. The Labute approximate surface area is 372 Å². The van der Waals surface area contributed by atoms with Crippen molar-refractivity contribution < 1.29 is 0 Å². The van der Waals surface area contributed by atoms with E-state index in [0.717, 1.165) is 39.6 Å². The molecule has 3 heteroatoms. The Morgan fingerprint density at radius 2 is 0.828 bits per heavy atom. The normalized spacial score (nSPS) is 12.8. The van der Waals surface area contributed by atoms with Gasteiger partial charge in [-0.3, -0.25) is 9.13 Å². The molecule has 300 valence electrons. The quantitative estimate of drug-likeness (QED) is 0.156. The van der Waals surface area contributed by atoms with Crippen LogP contribution in [-0.4, -0.2) is 9.13 Å². The van der Waals surface area contributed by atoms with Crippen LogP contribution in [0.2, 0.25) is 0 Å². The van der Waals surface area contributed by atoms with Gasteiger partial charge in [0.2, 0.25) is 0 Å². The van der Waals surface area contributed by atoms with Crippen LogP contribution in [0.1, 0.15) is 22.3 Å². The average Bonchev–Trinajstić information content (AvgIpc) is 3.99. The molecule has 0 fully saturated rings. The number of aromatic nitrogens is 2. The molecule has 0 saturated carbocycles. The summed E-state index contributed by atoms with van der Waals surface area (Å²) in [5, 5.41) is 6.07. The van der Waals surface area contributed by atoms with Gasteiger partial charge in [0.15, 0.2) is 0 Å². The highest BCUT2D eigenvalue weighted by atomic mass is 15.2. The van der Waals surface area contributed by atoms with Crippen molar-refractivity contribution in [2.24, 2.45) is 0 Å². The second-order valence-electron chi connectivity index (χ2n) is 16.9. The van der Waals surface area contributed by atoms with Gasteiger partial charge in [0, 0.05) is 44.6 Å². The van der Waals surface area contributed by atoms with Crippen molar-refractivity contribution in [2.75, 3.05) is 4.90 Å². The molecule has 1 aliphatic rings. The van der Waals surface area contributed by atoms with Crippen molar-refractivity contribution in [3.63, 3.8) is 0 Å². The third-order valence-corrected chi connectivity index (χ3v) is 13.5. The first-order valence-corrected chi connectivity index (χ1v) is 22.1. The third-order valence-electron chi connectivity index (χ3n) is 13.5. The fraction of sp³-hybridized carbons (Fsp3) is 0.0164. The molecule has 64 heavy (non-hydrogen) atoms. The zero-order valence-corrected chi connectivity index (χ0v) is 35.0. The second kappa shape index (κ2) is 14.3. The van der Waals surface area contributed by atoms with Gasteiger partial charge in [0.1, 0.15) is 5.65 Å². The van der Waals surface area contributed by atoms with Crippen LogP contribution in [0.25, 0.3) is 66.1 Å². The Balaban J connectivity index is 1.12. The lowest BCUT2D eigenvalue weighted by atomic mass is 9.67. The highest BCUT2D eigenvalue weighted by Crippen LogP contribution is 2.57. The number of benzene rings is 10. The van der Waals surface area contributed by atoms with Crippen molar-refractivity contribution in [2.45, 2.75) is 5.41 Å². The molecule has 2 aromatic heterocycles. The van der Waals surface area contributed by atoms with Crippen LogP contribution in [0.4, 0.5) is 17.1 Å². The highest BCUT2D eigenvalue weighted by Gasteiger charge is 2.46. The topological polar surface area (TPSA) is 13.1 Å². The summed E-state index contributed by atoms with van der Waals surface area (Å²) in [4.78, 5) is 2.47. The van der Waals surface area contributed by atoms with Gasteiger partial charge in [-0.25, -0.2) is 0 Å². The number of hydrogen-bond acceptors (Lipinski definition) is 1. The zero-order chi connectivity index (χ0) is 42.2. The molecule has 3 nitrogen and oxygen atoms in total. The first-order chi connectivity index (χ1) is 31.8. The van der Waals surface area contributed by atoms with Gasteiger partial charge in [-0.15, -0.1) is 0 Å². The average molecular weight is 816 g/mol. The Morgan fingerprint density at radius 3 is 1.53 bits per heavy atom. The summed E-state index contributed by atoms with van der Waals surface area (Å²) < 4.78 is 4.88. The maximum atomic E-state index is 2.47. The van der Waals surface area contributed by atoms with E-state index in [9.17, 15) is 0 Å². The molecular weight excluding hydrogens is 775 g/mol. The molecule has 0 atom stereocenters. The van der Waals surface area contributed by atoms with Crippen LogP contribution < -0.4 is 4.90 Å². The number of nitrogens with zero attached hydrogens (tertiary/aromatic N) is 3. The number of hydrogen-bond donors (Lipinski definition) is 0. The lowest BCUT2D eigenvalue weighted by Crippen LogP contribution is -2.28. The Morgan fingerprint density at radius 1 is 0.328 bits per heavy atom. The SMILES string of the molecule is c1ccc(-n2c3ccccc3c3c4cc(N(c5ccc6c(c5)C(c5ccccc5)(c5ccccc5)c5ccccc5-6)c5ccc6ccccc6c5)ccc4n(-c4ccccc4)c32)cc1. The van der Waals surface area contributed by atoms with Crippen molar-refractivity contribution in [3.8, 4) is 22.5 Å². The number of fused-ring (bicyclic) bond motifs is 9. The van der Waals surface area contributed by atoms with Crippen molar-refractivity contribution >= 4 is 60.7 Å². The zero-order valence-electron chi connectivity index (χ0n) is 35.0. The van der Waals surface area contributed by atoms with E-state index in [1.165, 1.54) is 65.8 Å². The number of anilines is 3. The van der Waals surface area contributed by atoms with Gasteiger partial charge in [0.05, 0.1) is 16.4 Å².